The second-order valence-corrected chi connectivity index (χ2v) is 10.6. The number of hydrogen-bond acceptors (Lipinski definition) is 7. The lowest BCUT2D eigenvalue weighted by Crippen LogP contribution is -2.68. The number of rotatable bonds is 7. The molecule has 29 heavy (non-hydrogen) atoms. The lowest BCUT2D eigenvalue weighted by atomic mass is 9.91. The minimum absolute atomic E-state index is 0.158. The number of sulfone groups is 1. The molecule has 0 aliphatic carbocycles. The van der Waals surface area contributed by atoms with Crippen LogP contribution in [-0.2, 0) is 24.0 Å². The Morgan fingerprint density at radius 1 is 1.31 bits per heavy atom. The van der Waals surface area contributed by atoms with Crippen LogP contribution in [0, 0.1) is 11.8 Å². The van der Waals surface area contributed by atoms with Crippen molar-refractivity contribution in [2.75, 3.05) is 46.8 Å². The standard InChI is InChI=1S/C21H34N2O5S/c1-15(2)21(28-13-16-10-11-27-12-16)14-23(3)20(26-4)19(22-21)17-6-8-18(9-7-17)29(5,24)25/h6-9,15-16,19-20,22H,10-14H2,1-5H3. The van der Waals surface area contributed by atoms with Crippen molar-refractivity contribution in [1.29, 1.82) is 0 Å². The first-order valence-corrected chi connectivity index (χ1v) is 12.1. The summed E-state index contributed by atoms with van der Waals surface area (Å²) in [6, 6.07) is 6.86. The number of hydrogen-bond donors (Lipinski definition) is 1. The molecule has 4 atom stereocenters. The third kappa shape index (κ3) is 5.00. The monoisotopic (exact) mass is 426 g/mol. The fourth-order valence-electron chi connectivity index (χ4n) is 4.17. The van der Waals surface area contributed by atoms with Crippen LogP contribution in [0.5, 0.6) is 0 Å². The lowest BCUT2D eigenvalue weighted by Gasteiger charge is -2.52. The molecule has 1 aromatic rings. The van der Waals surface area contributed by atoms with Gasteiger partial charge >= 0.3 is 0 Å². The van der Waals surface area contributed by atoms with Gasteiger partial charge in [0.05, 0.1) is 24.2 Å². The summed E-state index contributed by atoms with van der Waals surface area (Å²) in [4.78, 5) is 2.48. The van der Waals surface area contributed by atoms with Gasteiger partial charge < -0.3 is 14.2 Å². The molecular formula is C21H34N2O5S. The molecular weight excluding hydrogens is 392 g/mol. The topological polar surface area (TPSA) is 77.1 Å². The molecule has 2 aliphatic rings. The van der Waals surface area contributed by atoms with Gasteiger partial charge in [-0.15, -0.1) is 0 Å². The molecule has 4 unspecified atom stereocenters. The molecule has 0 bridgehead atoms. The van der Waals surface area contributed by atoms with Gasteiger partial charge in [-0.25, -0.2) is 8.42 Å². The van der Waals surface area contributed by atoms with Crippen LogP contribution in [0.3, 0.4) is 0 Å². The number of likely N-dealkylation sites (N-methyl/N-ethyl adjacent to an activating group) is 1. The van der Waals surface area contributed by atoms with Crippen LogP contribution in [-0.4, -0.2) is 72.0 Å². The van der Waals surface area contributed by atoms with E-state index in [2.05, 4.69) is 24.1 Å². The molecule has 0 amide bonds. The van der Waals surface area contributed by atoms with Gasteiger partial charge in [-0.2, -0.15) is 0 Å². The highest BCUT2D eigenvalue weighted by Crippen LogP contribution is 2.35. The zero-order valence-corrected chi connectivity index (χ0v) is 18.9. The van der Waals surface area contributed by atoms with Crippen molar-refractivity contribution in [2.45, 2.75) is 43.2 Å². The van der Waals surface area contributed by atoms with Gasteiger partial charge in [0.1, 0.15) is 12.0 Å². The van der Waals surface area contributed by atoms with Crippen LogP contribution in [0.2, 0.25) is 0 Å². The molecule has 1 aromatic carbocycles. The van der Waals surface area contributed by atoms with Crippen LogP contribution < -0.4 is 5.32 Å². The average Bonchev–Trinajstić information content (AvgIpc) is 3.19. The van der Waals surface area contributed by atoms with Crippen molar-refractivity contribution in [3.8, 4) is 0 Å². The first kappa shape index (κ1) is 22.7. The molecule has 0 saturated carbocycles. The van der Waals surface area contributed by atoms with Gasteiger partial charge in [0.15, 0.2) is 9.84 Å². The summed E-state index contributed by atoms with van der Waals surface area (Å²) in [5, 5.41) is 3.72. The van der Waals surface area contributed by atoms with E-state index in [0.717, 1.165) is 25.2 Å². The third-order valence-electron chi connectivity index (χ3n) is 6.05. The summed E-state index contributed by atoms with van der Waals surface area (Å²) in [6.45, 7) is 7.20. The quantitative estimate of drug-likeness (QED) is 0.715. The van der Waals surface area contributed by atoms with E-state index in [-0.39, 0.29) is 18.2 Å². The summed E-state index contributed by atoms with van der Waals surface area (Å²) in [7, 11) is 0.495. The van der Waals surface area contributed by atoms with Crippen LogP contribution in [0.15, 0.2) is 29.2 Å². The Balaban J connectivity index is 1.87. The Hall–Kier alpha value is -1.03. The molecule has 2 heterocycles. The Morgan fingerprint density at radius 3 is 2.52 bits per heavy atom. The highest BCUT2D eigenvalue weighted by molar-refractivity contribution is 7.90. The molecule has 1 N–H and O–H groups in total. The van der Waals surface area contributed by atoms with Gasteiger partial charge in [-0.1, -0.05) is 26.0 Å². The van der Waals surface area contributed by atoms with Crippen LogP contribution in [0.4, 0.5) is 0 Å². The maximum atomic E-state index is 11.8. The molecule has 2 fully saturated rings. The smallest absolute Gasteiger partial charge is 0.175 e. The van der Waals surface area contributed by atoms with E-state index >= 15 is 0 Å². The second-order valence-electron chi connectivity index (χ2n) is 8.59. The van der Waals surface area contributed by atoms with Crippen molar-refractivity contribution in [3.05, 3.63) is 29.8 Å². The van der Waals surface area contributed by atoms with Gasteiger partial charge in [0.25, 0.3) is 0 Å². The SMILES string of the molecule is COC1C(c2ccc(S(C)(=O)=O)cc2)NC(OCC2CCOC2)(C(C)C)CN1C. The number of ether oxygens (including phenoxy) is 3. The number of piperazine rings is 1. The van der Waals surface area contributed by atoms with Gasteiger partial charge in [-0.05, 0) is 37.1 Å². The van der Waals surface area contributed by atoms with Crippen molar-refractivity contribution in [2.24, 2.45) is 11.8 Å². The van der Waals surface area contributed by atoms with E-state index in [1.54, 1.807) is 19.2 Å². The van der Waals surface area contributed by atoms with Crippen molar-refractivity contribution in [3.63, 3.8) is 0 Å². The lowest BCUT2D eigenvalue weighted by molar-refractivity contribution is -0.198. The zero-order valence-electron chi connectivity index (χ0n) is 18.1. The van der Waals surface area contributed by atoms with Crippen LogP contribution in [0.25, 0.3) is 0 Å². The zero-order chi connectivity index (χ0) is 21.2. The largest absolute Gasteiger partial charge is 0.381 e. The molecule has 0 aromatic heterocycles. The Bertz CT molecular complexity index is 777. The van der Waals surface area contributed by atoms with E-state index in [0.29, 0.717) is 24.0 Å². The number of benzene rings is 1. The minimum Gasteiger partial charge on any atom is -0.381 e. The maximum Gasteiger partial charge on any atom is 0.175 e. The molecule has 0 radical (unpaired) electrons. The fraction of sp³-hybridized carbons (Fsp3) is 0.714. The van der Waals surface area contributed by atoms with Crippen molar-refractivity contribution < 1.29 is 22.6 Å². The molecule has 2 saturated heterocycles. The summed E-state index contributed by atoms with van der Waals surface area (Å²) in [5.74, 6) is 0.647. The summed E-state index contributed by atoms with van der Waals surface area (Å²) < 4.78 is 41.4. The second kappa shape index (κ2) is 8.99. The highest BCUT2D eigenvalue weighted by atomic mass is 32.2. The Kier molecular flexibility index (Phi) is 7.03. The van der Waals surface area contributed by atoms with Crippen LogP contribution in [0.1, 0.15) is 31.9 Å². The molecule has 0 spiro atoms. The van der Waals surface area contributed by atoms with E-state index < -0.39 is 15.6 Å². The predicted molar refractivity (Wildman–Crippen MR) is 111 cm³/mol. The van der Waals surface area contributed by atoms with Gasteiger partial charge in [-0.3, -0.25) is 10.2 Å². The summed E-state index contributed by atoms with van der Waals surface area (Å²) >= 11 is 0. The number of nitrogens with one attached hydrogen (secondary N) is 1. The van der Waals surface area contributed by atoms with Crippen molar-refractivity contribution in [1.82, 2.24) is 10.2 Å². The molecule has 8 heteroatoms. The Morgan fingerprint density at radius 2 is 2.00 bits per heavy atom. The van der Waals surface area contributed by atoms with E-state index in [4.69, 9.17) is 14.2 Å². The average molecular weight is 427 g/mol. The Labute approximate surface area is 174 Å². The van der Waals surface area contributed by atoms with Gasteiger partial charge in [0, 0.05) is 32.4 Å². The van der Waals surface area contributed by atoms with E-state index in [1.165, 1.54) is 6.26 Å². The van der Waals surface area contributed by atoms with E-state index in [9.17, 15) is 8.42 Å². The normalized spacial score (nSPS) is 31.4. The molecule has 164 valence electrons. The number of nitrogens with zero attached hydrogens (tertiary/aromatic N) is 1. The number of methoxy groups -OCH3 is 1. The summed E-state index contributed by atoms with van der Waals surface area (Å²) in [5.41, 5.74) is 0.431. The van der Waals surface area contributed by atoms with Gasteiger partial charge in [0.2, 0.25) is 0 Å². The van der Waals surface area contributed by atoms with Crippen LogP contribution >= 0.6 is 0 Å². The van der Waals surface area contributed by atoms with Crippen molar-refractivity contribution >= 4 is 9.84 Å². The fourth-order valence-corrected chi connectivity index (χ4v) is 4.80. The summed E-state index contributed by atoms with van der Waals surface area (Å²) in [6.07, 6.45) is 2.06. The minimum atomic E-state index is -3.23. The third-order valence-corrected chi connectivity index (χ3v) is 7.17. The molecule has 2 aliphatic heterocycles. The predicted octanol–water partition coefficient (Wildman–Crippen LogP) is 2.04. The highest BCUT2D eigenvalue weighted by Gasteiger charge is 2.47. The molecule has 3 rings (SSSR count). The first-order valence-electron chi connectivity index (χ1n) is 10.2. The van der Waals surface area contributed by atoms with E-state index in [1.807, 2.05) is 19.2 Å². The molecule has 7 nitrogen and oxygen atoms in total. The first-order chi connectivity index (χ1) is 13.7. The maximum absolute atomic E-state index is 11.8.